The second-order valence-corrected chi connectivity index (χ2v) is 9.73. The maximum atomic E-state index is 13.3. The molecular weight excluding hydrogens is 449 g/mol. The van der Waals surface area contributed by atoms with Crippen LogP contribution in [0.2, 0.25) is 0 Å². The highest BCUT2D eigenvalue weighted by atomic mass is 19.1. The van der Waals surface area contributed by atoms with E-state index < -0.39 is 12.1 Å². The second-order valence-electron chi connectivity index (χ2n) is 9.73. The highest BCUT2D eigenvalue weighted by Gasteiger charge is 2.33. The molecule has 2 fully saturated rings. The minimum Gasteiger partial charge on any atom is -0.486 e. The van der Waals surface area contributed by atoms with Gasteiger partial charge in [-0.05, 0) is 74.3 Å². The molecule has 3 atom stereocenters. The van der Waals surface area contributed by atoms with Crippen molar-refractivity contribution >= 4 is 11.6 Å². The molecule has 5 rings (SSSR count). The van der Waals surface area contributed by atoms with E-state index >= 15 is 0 Å². The first kappa shape index (κ1) is 23.9. The Hall–Kier alpha value is -2.84. The smallest absolute Gasteiger partial charge is 0.225 e. The normalized spacial score (nSPS) is 22.0. The van der Waals surface area contributed by atoms with Crippen LogP contribution in [0.15, 0.2) is 42.5 Å². The number of likely N-dealkylation sites (tertiary alicyclic amines) is 1. The van der Waals surface area contributed by atoms with Crippen molar-refractivity contribution in [3.05, 3.63) is 53.8 Å². The van der Waals surface area contributed by atoms with Crippen molar-refractivity contribution in [3.8, 4) is 11.5 Å². The van der Waals surface area contributed by atoms with Crippen LogP contribution in [0, 0.1) is 11.7 Å². The van der Waals surface area contributed by atoms with Crippen molar-refractivity contribution in [2.45, 2.75) is 37.8 Å². The van der Waals surface area contributed by atoms with E-state index in [0.717, 1.165) is 44.6 Å². The predicted molar refractivity (Wildman–Crippen MR) is 131 cm³/mol. The fraction of sp³-hybridized carbons (Fsp3) is 0.519. The first-order valence-corrected chi connectivity index (χ1v) is 12.7. The van der Waals surface area contributed by atoms with E-state index in [4.69, 9.17) is 9.47 Å². The molecule has 0 bridgehead atoms. The van der Waals surface area contributed by atoms with Gasteiger partial charge in [0.25, 0.3) is 0 Å². The molecule has 2 aromatic carbocycles. The van der Waals surface area contributed by atoms with Crippen molar-refractivity contribution in [2.75, 3.05) is 50.8 Å². The lowest BCUT2D eigenvalue weighted by atomic mass is 9.98. The van der Waals surface area contributed by atoms with Crippen molar-refractivity contribution in [2.24, 2.45) is 5.92 Å². The molecule has 0 aromatic heterocycles. The number of halogens is 1. The van der Waals surface area contributed by atoms with E-state index in [1.165, 1.54) is 18.6 Å². The number of anilines is 1. The van der Waals surface area contributed by atoms with Gasteiger partial charge in [0.15, 0.2) is 11.5 Å². The fourth-order valence-electron chi connectivity index (χ4n) is 5.28. The molecule has 7 nitrogen and oxygen atoms in total. The third kappa shape index (κ3) is 5.70. The number of carbonyl (C=O) groups is 1. The van der Waals surface area contributed by atoms with Crippen LogP contribution in [-0.2, 0) is 4.79 Å². The summed E-state index contributed by atoms with van der Waals surface area (Å²) in [5.41, 5.74) is 1.62. The highest BCUT2D eigenvalue weighted by Crippen LogP contribution is 2.34. The van der Waals surface area contributed by atoms with Crippen LogP contribution in [0.5, 0.6) is 11.5 Å². The Morgan fingerprint density at radius 2 is 1.77 bits per heavy atom. The molecule has 0 radical (unpaired) electrons. The molecule has 3 unspecified atom stereocenters. The number of benzene rings is 2. The summed E-state index contributed by atoms with van der Waals surface area (Å²) in [6.45, 7) is 4.85. The Kier molecular flexibility index (Phi) is 7.39. The van der Waals surface area contributed by atoms with Gasteiger partial charge in [-0.1, -0.05) is 12.5 Å². The van der Waals surface area contributed by atoms with Crippen molar-refractivity contribution in [1.29, 1.82) is 0 Å². The minimum absolute atomic E-state index is 0.0479. The van der Waals surface area contributed by atoms with Gasteiger partial charge in [0, 0.05) is 25.3 Å². The van der Waals surface area contributed by atoms with Crippen molar-refractivity contribution in [1.82, 2.24) is 10.2 Å². The predicted octanol–water partition coefficient (Wildman–Crippen LogP) is 3.13. The maximum absolute atomic E-state index is 13.3. The Bertz CT molecular complexity index is 1010. The van der Waals surface area contributed by atoms with E-state index in [9.17, 15) is 14.3 Å². The molecule has 3 heterocycles. The molecule has 0 aliphatic carbocycles. The number of nitrogens with one attached hydrogen (secondary N) is 1. The molecule has 2 N–H and O–H groups in total. The molecule has 0 saturated carbocycles. The number of amides is 1. The second kappa shape index (κ2) is 10.8. The summed E-state index contributed by atoms with van der Waals surface area (Å²) in [6.07, 6.45) is 3.34. The molecule has 188 valence electrons. The van der Waals surface area contributed by atoms with Gasteiger partial charge in [-0.15, -0.1) is 0 Å². The zero-order valence-electron chi connectivity index (χ0n) is 20.0. The molecule has 1 amide bonds. The number of nitrogens with zero attached hydrogens (tertiary/aromatic N) is 2. The van der Waals surface area contributed by atoms with Crippen LogP contribution in [-0.4, -0.2) is 67.9 Å². The molecular formula is C27H34FN3O4. The van der Waals surface area contributed by atoms with Gasteiger partial charge in [0.2, 0.25) is 5.91 Å². The molecule has 3 aliphatic rings. The van der Waals surface area contributed by atoms with E-state index in [-0.39, 0.29) is 17.6 Å². The molecule has 2 aromatic rings. The van der Waals surface area contributed by atoms with Gasteiger partial charge >= 0.3 is 0 Å². The Morgan fingerprint density at radius 3 is 2.54 bits per heavy atom. The lowest BCUT2D eigenvalue weighted by Crippen LogP contribution is -2.50. The molecule has 2 saturated heterocycles. The SMILES string of the molecule is O=C(NC(CN1CCCCC1)C(O)c1ccc2c(c1)OCCO2)C1CCN(c2ccc(F)cc2)C1. The van der Waals surface area contributed by atoms with Crippen molar-refractivity contribution < 1.29 is 23.8 Å². The summed E-state index contributed by atoms with van der Waals surface area (Å²) in [4.78, 5) is 17.8. The van der Waals surface area contributed by atoms with Crippen LogP contribution in [0.3, 0.4) is 0 Å². The quantitative estimate of drug-likeness (QED) is 0.631. The van der Waals surface area contributed by atoms with Gasteiger partial charge in [-0.2, -0.15) is 0 Å². The Balaban J connectivity index is 1.28. The average molecular weight is 484 g/mol. The van der Waals surface area contributed by atoms with Crippen LogP contribution in [0.25, 0.3) is 0 Å². The molecule has 8 heteroatoms. The summed E-state index contributed by atoms with van der Waals surface area (Å²) < 4.78 is 24.6. The van der Waals surface area contributed by atoms with Gasteiger partial charge < -0.3 is 29.7 Å². The maximum Gasteiger partial charge on any atom is 0.225 e. The van der Waals surface area contributed by atoms with Gasteiger partial charge in [0.1, 0.15) is 25.1 Å². The van der Waals surface area contributed by atoms with Crippen molar-refractivity contribution in [3.63, 3.8) is 0 Å². The van der Waals surface area contributed by atoms with E-state index in [2.05, 4.69) is 15.1 Å². The van der Waals surface area contributed by atoms with Crippen LogP contribution in [0.1, 0.15) is 37.4 Å². The van der Waals surface area contributed by atoms with E-state index in [0.29, 0.717) is 43.4 Å². The number of fused-ring (bicyclic) bond motifs is 1. The number of hydrogen-bond donors (Lipinski definition) is 2. The number of aliphatic hydroxyl groups is 1. The number of rotatable bonds is 7. The largest absolute Gasteiger partial charge is 0.486 e. The summed E-state index contributed by atoms with van der Waals surface area (Å²) in [6, 6.07) is 11.4. The lowest BCUT2D eigenvalue weighted by molar-refractivity contribution is -0.126. The van der Waals surface area contributed by atoms with Crippen LogP contribution < -0.4 is 19.7 Å². The fourth-order valence-corrected chi connectivity index (χ4v) is 5.28. The third-order valence-corrected chi connectivity index (χ3v) is 7.27. The Morgan fingerprint density at radius 1 is 1.03 bits per heavy atom. The van der Waals surface area contributed by atoms with Gasteiger partial charge in [0.05, 0.1) is 12.0 Å². The number of ether oxygens (including phenoxy) is 2. The number of piperidine rings is 1. The summed E-state index contributed by atoms with van der Waals surface area (Å²) >= 11 is 0. The average Bonchev–Trinajstić information content (AvgIpc) is 3.39. The summed E-state index contributed by atoms with van der Waals surface area (Å²) in [7, 11) is 0. The monoisotopic (exact) mass is 483 g/mol. The first-order chi connectivity index (χ1) is 17.1. The summed E-state index contributed by atoms with van der Waals surface area (Å²) in [5, 5.41) is 14.6. The van der Waals surface area contributed by atoms with Crippen LogP contribution >= 0.6 is 0 Å². The zero-order chi connectivity index (χ0) is 24.2. The minimum atomic E-state index is -0.869. The van der Waals surface area contributed by atoms with Crippen LogP contribution in [0.4, 0.5) is 10.1 Å². The first-order valence-electron chi connectivity index (χ1n) is 12.7. The number of carbonyl (C=O) groups excluding carboxylic acids is 1. The topological polar surface area (TPSA) is 74.3 Å². The zero-order valence-corrected chi connectivity index (χ0v) is 20.0. The van der Waals surface area contributed by atoms with Gasteiger partial charge in [-0.25, -0.2) is 4.39 Å². The standard InChI is InChI=1S/C27H34FN3O4/c28-21-5-7-22(8-6-21)31-13-10-20(17-31)27(33)29-23(18-30-11-2-1-3-12-30)26(32)19-4-9-24-25(16-19)35-15-14-34-24/h4-9,16,20,23,26,32H,1-3,10-15,17-18H2,(H,29,33). The highest BCUT2D eigenvalue weighted by molar-refractivity contribution is 5.80. The van der Waals surface area contributed by atoms with Gasteiger partial charge in [-0.3, -0.25) is 4.79 Å². The molecule has 0 spiro atoms. The third-order valence-electron chi connectivity index (χ3n) is 7.27. The number of hydrogen-bond acceptors (Lipinski definition) is 6. The summed E-state index contributed by atoms with van der Waals surface area (Å²) in [5.74, 6) is 0.803. The molecule has 3 aliphatic heterocycles. The lowest BCUT2D eigenvalue weighted by Gasteiger charge is -2.34. The molecule has 35 heavy (non-hydrogen) atoms. The van der Waals surface area contributed by atoms with E-state index in [1.54, 1.807) is 12.1 Å². The number of aliphatic hydroxyl groups excluding tert-OH is 1. The Labute approximate surface area is 205 Å². The van der Waals surface area contributed by atoms with E-state index in [1.807, 2.05) is 18.2 Å².